The topological polar surface area (TPSA) is 40.9 Å². The summed E-state index contributed by atoms with van der Waals surface area (Å²) in [7, 11) is 0. The third-order valence-electron chi connectivity index (χ3n) is 0.500. The summed E-state index contributed by atoms with van der Waals surface area (Å²) in [5.41, 5.74) is -0.236. The first-order valence-corrected chi connectivity index (χ1v) is 1.72. The molecule has 0 N–H and O–H groups in total. The number of ketones is 1. The van der Waals surface area contributed by atoms with E-state index in [0.717, 1.165) is 0 Å². The van der Waals surface area contributed by atoms with Crippen LogP contribution in [-0.4, -0.2) is 5.78 Å². The Bertz CT molecular complexity index is 148. The molecule has 2 nitrogen and oxygen atoms in total. The van der Waals surface area contributed by atoms with Gasteiger partial charge in [0.15, 0.2) is 0 Å². The van der Waals surface area contributed by atoms with E-state index in [0.29, 0.717) is 0 Å². The molecule has 2 radical (unpaired) electrons. The third-order valence-corrected chi connectivity index (χ3v) is 0.500. The van der Waals surface area contributed by atoms with Crippen molar-refractivity contribution in [2.75, 3.05) is 0 Å². The number of hydrogen-bond donors (Lipinski definition) is 0. The zero-order valence-electron chi connectivity index (χ0n) is 4.69. The van der Waals surface area contributed by atoms with Gasteiger partial charge in [0, 0.05) is 40.8 Å². The van der Waals surface area contributed by atoms with Crippen LogP contribution in [0.15, 0.2) is 5.57 Å². The van der Waals surface area contributed by atoms with Gasteiger partial charge in [0.2, 0.25) is 0 Å². The molecule has 0 aliphatic carbocycles. The molecule has 4 heteroatoms. The molecule has 0 rings (SSSR count). The van der Waals surface area contributed by atoms with Crippen LogP contribution in [0, 0.1) is 17.9 Å². The van der Waals surface area contributed by atoms with Crippen LogP contribution < -0.4 is 0 Å². The van der Waals surface area contributed by atoms with Gasteiger partial charge in [0.1, 0.15) is 0 Å². The van der Waals surface area contributed by atoms with Crippen LogP contribution >= 0.6 is 0 Å². The summed E-state index contributed by atoms with van der Waals surface area (Å²) in [5, 5.41) is 7.87. The van der Waals surface area contributed by atoms with Gasteiger partial charge in [-0.15, -0.1) is 0 Å². The Balaban J connectivity index is -0.000000180. The second kappa shape index (κ2) is 8.22. The van der Waals surface area contributed by atoms with Crippen LogP contribution in [0.2, 0.25) is 0 Å². The second-order valence-electron chi connectivity index (χ2n) is 1.08. The minimum absolute atomic E-state index is 0. The first-order valence-electron chi connectivity index (χ1n) is 1.72. The summed E-state index contributed by atoms with van der Waals surface area (Å²) >= 11 is 0. The van der Waals surface area contributed by atoms with Crippen molar-refractivity contribution in [2.45, 2.75) is 6.92 Å². The van der Waals surface area contributed by atoms with Gasteiger partial charge >= 0.3 is 0 Å². The van der Waals surface area contributed by atoms with Crippen molar-refractivity contribution >= 4 is 5.78 Å². The predicted molar refractivity (Wildman–Crippen MR) is 24.1 cm³/mol. The molecular formula is C5H4NORe2-. The molecule has 0 aromatic rings. The van der Waals surface area contributed by atoms with Crippen LogP contribution in [0.25, 0.3) is 0 Å². The van der Waals surface area contributed by atoms with E-state index in [-0.39, 0.29) is 52.2 Å². The average Bonchev–Trinajstić information content (AvgIpc) is 1.65. The van der Waals surface area contributed by atoms with Crippen molar-refractivity contribution in [3.63, 3.8) is 0 Å². The number of nitrogens with zero attached hydrogens (tertiary/aromatic N) is 1. The van der Waals surface area contributed by atoms with Crippen molar-refractivity contribution < 1.29 is 45.6 Å². The fourth-order valence-corrected chi connectivity index (χ4v) is 0.0787. The average molecular weight is 467 g/mol. The molecule has 50 valence electrons. The van der Waals surface area contributed by atoms with E-state index >= 15 is 0 Å². The number of nitriles is 1. The summed E-state index contributed by atoms with van der Waals surface area (Å²) in [5.74, 6) is -0.373. The quantitative estimate of drug-likeness (QED) is 0.320. The van der Waals surface area contributed by atoms with Crippen molar-refractivity contribution in [1.82, 2.24) is 0 Å². The molecule has 0 fully saturated rings. The van der Waals surface area contributed by atoms with Gasteiger partial charge in [0.25, 0.3) is 0 Å². The molecule has 0 amide bonds. The molecule has 9 heavy (non-hydrogen) atoms. The maximum Gasteiger partial charge on any atom is 0.0548 e. The van der Waals surface area contributed by atoms with Gasteiger partial charge in [0.05, 0.1) is 5.78 Å². The smallest absolute Gasteiger partial charge is 0.0548 e. The van der Waals surface area contributed by atoms with E-state index < -0.39 is 0 Å². The number of carbonyl (C=O) groups excluding carboxylic acids is 1. The zero-order valence-corrected chi connectivity index (χ0v) is 10.1. The van der Waals surface area contributed by atoms with Crippen LogP contribution in [0.3, 0.4) is 0 Å². The molecule has 0 aromatic heterocycles. The number of carbonyl (C=O) groups is 1. The summed E-state index contributed by atoms with van der Waals surface area (Å²) in [6.07, 6.45) is 0. The van der Waals surface area contributed by atoms with E-state index in [1.165, 1.54) is 13.0 Å². The normalized spacial score (nSPS) is 5.33. The summed E-state index contributed by atoms with van der Waals surface area (Å²) < 4.78 is 0. The molecule has 0 saturated carbocycles. The summed E-state index contributed by atoms with van der Waals surface area (Å²) in [6.45, 7) is 6.07. The Kier molecular flexibility index (Phi) is 14.7. The Morgan fingerprint density at radius 1 is 1.56 bits per heavy atom. The molecule has 0 aromatic carbocycles. The van der Waals surface area contributed by atoms with E-state index in [4.69, 9.17) is 11.8 Å². The Hall–Kier alpha value is 0.225. The molecule has 0 saturated heterocycles. The van der Waals surface area contributed by atoms with Crippen molar-refractivity contribution in [2.24, 2.45) is 0 Å². The molecule has 0 heterocycles. The van der Waals surface area contributed by atoms with Crippen LogP contribution in [0.5, 0.6) is 0 Å². The summed E-state index contributed by atoms with van der Waals surface area (Å²) in [4.78, 5) is 9.99. The van der Waals surface area contributed by atoms with Gasteiger partial charge in [-0.2, -0.15) is 0 Å². The van der Waals surface area contributed by atoms with Crippen LogP contribution in [0.4, 0.5) is 0 Å². The van der Waals surface area contributed by atoms with Crippen molar-refractivity contribution in [3.05, 3.63) is 12.2 Å². The zero-order chi connectivity index (χ0) is 5.86. The van der Waals surface area contributed by atoms with E-state index in [2.05, 4.69) is 0 Å². The molecule has 0 spiro atoms. The standard InChI is InChI=1S/C5H4NO.2Re/c1-4(3-6)5(2)7;;/h1H,2H3;;/q-1;;. The number of hydrogen-bond acceptors (Lipinski definition) is 2. The molecule has 0 aliphatic rings. The van der Waals surface area contributed by atoms with Gasteiger partial charge in [-0.05, 0) is 6.92 Å². The van der Waals surface area contributed by atoms with Crippen molar-refractivity contribution in [1.29, 1.82) is 5.26 Å². The molecule has 0 aliphatic heterocycles. The molecular weight excluding hydrogens is 462 g/mol. The Morgan fingerprint density at radius 2 is 1.89 bits per heavy atom. The number of Topliss-reactive ketones (excluding diaryl/α,β-unsaturated/α-hetero) is 1. The molecule has 0 unspecified atom stereocenters. The van der Waals surface area contributed by atoms with E-state index in [1.807, 2.05) is 0 Å². The fraction of sp³-hybridized carbons (Fsp3) is 0.200. The number of allylic oxidation sites excluding steroid dienone is 1. The second-order valence-corrected chi connectivity index (χ2v) is 1.08. The third kappa shape index (κ3) is 8.22. The molecule has 0 atom stereocenters. The van der Waals surface area contributed by atoms with Gasteiger partial charge in [-0.25, -0.2) is 6.58 Å². The van der Waals surface area contributed by atoms with Crippen molar-refractivity contribution in [3.8, 4) is 6.07 Å². The van der Waals surface area contributed by atoms with Gasteiger partial charge in [-0.1, -0.05) is 11.6 Å². The Morgan fingerprint density at radius 3 is 1.89 bits per heavy atom. The Labute approximate surface area is 81.6 Å². The minimum Gasteiger partial charge on any atom is -0.370 e. The predicted octanol–water partition coefficient (Wildman–Crippen LogP) is 0.453. The monoisotopic (exact) mass is 468 g/mol. The maximum atomic E-state index is 9.99. The first-order chi connectivity index (χ1) is 3.18. The first kappa shape index (κ1) is 16.1. The van der Waals surface area contributed by atoms with E-state index in [9.17, 15) is 4.79 Å². The van der Waals surface area contributed by atoms with Gasteiger partial charge in [-0.3, -0.25) is 5.26 Å². The van der Waals surface area contributed by atoms with Gasteiger partial charge < -0.3 is 4.79 Å². The minimum atomic E-state index is -0.373. The van der Waals surface area contributed by atoms with Crippen LogP contribution in [-0.2, 0) is 45.6 Å². The SMILES string of the molecule is [CH-]=C(C#N)C(C)=O.[Re].[Re]. The largest absolute Gasteiger partial charge is 0.370 e. The summed E-state index contributed by atoms with van der Waals surface area (Å²) in [6, 6.07) is 1.51. The van der Waals surface area contributed by atoms with E-state index in [1.54, 1.807) is 0 Å². The number of rotatable bonds is 1. The fourth-order valence-electron chi connectivity index (χ4n) is 0.0787. The molecule has 0 bridgehead atoms. The maximum absolute atomic E-state index is 9.99. The van der Waals surface area contributed by atoms with Crippen LogP contribution in [0.1, 0.15) is 6.92 Å².